The predicted octanol–water partition coefficient (Wildman–Crippen LogP) is 5.78. The number of Topliss-reactive ketones (excluding diaryl/α,β-unsaturated/α-hetero) is 1. The van der Waals surface area contributed by atoms with Gasteiger partial charge < -0.3 is 4.52 Å². The third-order valence-electron chi connectivity index (χ3n) is 4.20. The molecule has 1 aromatic carbocycles. The summed E-state index contributed by atoms with van der Waals surface area (Å²) < 4.78 is 5.42. The van der Waals surface area contributed by atoms with Crippen molar-refractivity contribution in [2.45, 2.75) is 33.6 Å². The van der Waals surface area contributed by atoms with Crippen LogP contribution in [0.4, 0.5) is 0 Å². The van der Waals surface area contributed by atoms with Gasteiger partial charge in [-0.2, -0.15) is 0 Å². The molecule has 0 saturated carbocycles. The zero-order chi connectivity index (χ0) is 18.8. The lowest BCUT2D eigenvalue weighted by Gasteiger charge is -2.07. The Morgan fingerprint density at radius 2 is 1.77 bits per heavy atom. The molecule has 0 radical (unpaired) electrons. The van der Waals surface area contributed by atoms with Crippen molar-refractivity contribution in [3.63, 3.8) is 0 Å². The summed E-state index contributed by atoms with van der Waals surface area (Å²) in [6, 6.07) is 7.66. The van der Waals surface area contributed by atoms with E-state index in [-0.39, 0.29) is 17.4 Å². The van der Waals surface area contributed by atoms with E-state index in [0.29, 0.717) is 22.8 Å². The minimum absolute atomic E-state index is 0.134. The van der Waals surface area contributed by atoms with Gasteiger partial charge in [-0.1, -0.05) is 46.1 Å². The molecular weight excluding hydrogens is 371 g/mol. The zero-order valence-corrected chi connectivity index (χ0v) is 16.3. The van der Waals surface area contributed by atoms with Gasteiger partial charge in [-0.05, 0) is 38.0 Å². The Kier molecular flexibility index (Phi) is 5.44. The summed E-state index contributed by atoms with van der Waals surface area (Å²) in [6.07, 6.45) is 2.08. The summed E-state index contributed by atoms with van der Waals surface area (Å²) in [7, 11) is 0. The molecule has 0 aliphatic heterocycles. The topological polar surface area (TPSA) is 56.0 Å². The number of rotatable bonds is 5. The van der Waals surface area contributed by atoms with Crippen LogP contribution in [0.5, 0.6) is 0 Å². The van der Waals surface area contributed by atoms with Crippen LogP contribution in [0.15, 0.2) is 35.0 Å². The number of hydrogen-bond donors (Lipinski definition) is 0. The van der Waals surface area contributed by atoms with Crippen molar-refractivity contribution in [1.29, 1.82) is 0 Å². The van der Waals surface area contributed by atoms with Crippen molar-refractivity contribution in [3.8, 4) is 11.3 Å². The highest BCUT2D eigenvalue weighted by Crippen LogP contribution is 2.28. The first-order valence-electron chi connectivity index (χ1n) is 8.23. The van der Waals surface area contributed by atoms with Gasteiger partial charge in [0.05, 0.1) is 10.6 Å². The quantitative estimate of drug-likeness (QED) is 0.410. The van der Waals surface area contributed by atoms with Gasteiger partial charge in [0.2, 0.25) is 0 Å². The minimum Gasteiger partial charge on any atom is -0.361 e. The van der Waals surface area contributed by atoms with Crippen LogP contribution in [0, 0.1) is 20.8 Å². The van der Waals surface area contributed by atoms with Crippen molar-refractivity contribution in [3.05, 3.63) is 68.7 Å². The molecule has 3 aromatic rings. The molecule has 0 N–H and O–H groups in total. The molecule has 0 amide bonds. The maximum atomic E-state index is 12.4. The molecule has 0 fully saturated rings. The summed E-state index contributed by atoms with van der Waals surface area (Å²) in [5.41, 5.74) is 5.68. The van der Waals surface area contributed by atoms with E-state index in [2.05, 4.69) is 43.0 Å². The normalized spacial score (nSPS) is 11.0. The van der Waals surface area contributed by atoms with E-state index in [4.69, 9.17) is 27.7 Å². The Labute approximate surface area is 162 Å². The lowest BCUT2D eigenvalue weighted by Crippen LogP contribution is -2.03. The molecule has 3 rings (SSSR count). The second-order valence-electron chi connectivity index (χ2n) is 6.37. The second-order valence-corrected chi connectivity index (χ2v) is 7.16. The van der Waals surface area contributed by atoms with Crippen LogP contribution >= 0.6 is 23.2 Å². The van der Waals surface area contributed by atoms with Gasteiger partial charge in [-0.15, -0.1) is 0 Å². The second kappa shape index (κ2) is 7.60. The van der Waals surface area contributed by atoms with Crippen LogP contribution in [0.3, 0.4) is 0 Å². The van der Waals surface area contributed by atoms with Crippen LogP contribution in [0.25, 0.3) is 11.3 Å². The molecule has 6 heteroatoms. The van der Waals surface area contributed by atoms with Crippen molar-refractivity contribution in [2.24, 2.45) is 0 Å². The van der Waals surface area contributed by atoms with Gasteiger partial charge >= 0.3 is 0 Å². The standard InChI is InChI=1S/C20H18Cl2N2O2/c1-11-6-12(2)19(13(3)7-11)17-9-15(26-24-17)4-5-18(25)16-8-14(21)10-23-20(16)22/h6-10H,4-5H2,1-3H3. The fourth-order valence-electron chi connectivity index (χ4n) is 3.12. The van der Waals surface area contributed by atoms with Crippen LogP contribution in [0.1, 0.15) is 39.2 Å². The highest BCUT2D eigenvalue weighted by Gasteiger charge is 2.16. The van der Waals surface area contributed by atoms with Crippen molar-refractivity contribution in [1.82, 2.24) is 10.1 Å². The maximum Gasteiger partial charge on any atom is 0.166 e. The van der Waals surface area contributed by atoms with Gasteiger partial charge in [0.25, 0.3) is 0 Å². The van der Waals surface area contributed by atoms with E-state index < -0.39 is 0 Å². The van der Waals surface area contributed by atoms with Crippen LogP contribution in [-0.2, 0) is 6.42 Å². The largest absolute Gasteiger partial charge is 0.361 e. The van der Waals surface area contributed by atoms with E-state index in [1.165, 1.54) is 17.8 Å². The van der Waals surface area contributed by atoms with E-state index in [1.54, 1.807) is 0 Å². The molecule has 0 aliphatic carbocycles. The molecular formula is C20H18Cl2N2O2. The fraction of sp³-hybridized carbons (Fsp3) is 0.250. The lowest BCUT2D eigenvalue weighted by atomic mass is 9.97. The molecule has 2 heterocycles. The highest BCUT2D eigenvalue weighted by molar-refractivity contribution is 6.34. The Hall–Kier alpha value is -2.17. The van der Waals surface area contributed by atoms with E-state index in [9.17, 15) is 4.79 Å². The van der Waals surface area contributed by atoms with Crippen LogP contribution in [-0.4, -0.2) is 15.9 Å². The molecule has 0 unspecified atom stereocenters. The van der Waals surface area contributed by atoms with E-state index in [1.807, 2.05) is 6.07 Å². The smallest absolute Gasteiger partial charge is 0.166 e. The molecule has 0 spiro atoms. The molecule has 0 aliphatic rings. The first kappa shape index (κ1) is 18.6. The Morgan fingerprint density at radius 1 is 1.08 bits per heavy atom. The first-order chi connectivity index (χ1) is 12.3. The first-order valence-corrected chi connectivity index (χ1v) is 8.99. The Bertz CT molecular complexity index is 957. The van der Waals surface area contributed by atoms with Gasteiger partial charge in [0.1, 0.15) is 16.6 Å². The summed E-state index contributed by atoms with van der Waals surface area (Å²) in [5, 5.41) is 4.71. The number of carbonyl (C=O) groups is 1. The Morgan fingerprint density at radius 3 is 2.46 bits per heavy atom. The average Bonchev–Trinajstić information content (AvgIpc) is 3.02. The number of pyridine rings is 1. The third kappa shape index (κ3) is 3.97. The predicted molar refractivity (Wildman–Crippen MR) is 103 cm³/mol. The molecule has 134 valence electrons. The van der Waals surface area contributed by atoms with Crippen LogP contribution in [0.2, 0.25) is 10.2 Å². The number of nitrogens with zero attached hydrogens (tertiary/aromatic N) is 2. The number of ketones is 1. The molecule has 0 atom stereocenters. The number of hydrogen-bond acceptors (Lipinski definition) is 4. The lowest BCUT2D eigenvalue weighted by molar-refractivity contribution is 0.0980. The zero-order valence-electron chi connectivity index (χ0n) is 14.8. The summed E-state index contributed by atoms with van der Waals surface area (Å²) >= 11 is 11.9. The van der Waals surface area contributed by atoms with Crippen molar-refractivity contribution < 1.29 is 9.32 Å². The summed E-state index contributed by atoms with van der Waals surface area (Å²) in [6.45, 7) is 6.18. The van der Waals surface area contributed by atoms with Gasteiger partial charge in [-0.25, -0.2) is 4.98 Å². The number of aryl methyl sites for hydroxylation is 4. The maximum absolute atomic E-state index is 12.4. The van der Waals surface area contributed by atoms with Crippen molar-refractivity contribution >= 4 is 29.0 Å². The van der Waals surface area contributed by atoms with E-state index >= 15 is 0 Å². The number of benzene rings is 1. The molecule has 26 heavy (non-hydrogen) atoms. The van der Waals surface area contributed by atoms with Crippen LogP contribution < -0.4 is 0 Å². The average molecular weight is 389 g/mol. The van der Waals surface area contributed by atoms with Gasteiger partial charge in [-0.3, -0.25) is 4.79 Å². The SMILES string of the molecule is Cc1cc(C)c(-c2cc(CCC(=O)c3cc(Cl)cnc3Cl)on2)c(C)c1. The van der Waals surface area contributed by atoms with E-state index in [0.717, 1.165) is 22.4 Å². The monoisotopic (exact) mass is 388 g/mol. The molecule has 0 saturated heterocycles. The minimum atomic E-state index is -0.134. The number of halogens is 2. The molecule has 4 nitrogen and oxygen atoms in total. The molecule has 2 aromatic heterocycles. The number of carbonyl (C=O) groups excluding carboxylic acids is 1. The highest BCUT2D eigenvalue weighted by atomic mass is 35.5. The van der Waals surface area contributed by atoms with Crippen molar-refractivity contribution in [2.75, 3.05) is 0 Å². The van der Waals surface area contributed by atoms with Gasteiger partial charge in [0.15, 0.2) is 5.78 Å². The third-order valence-corrected chi connectivity index (χ3v) is 4.70. The number of aromatic nitrogens is 2. The Balaban J connectivity index is 1.75. The molecule has 0 bridgehead atoms. The summed E-state index contributed by atoms with van der Waals surface area (Å²) in [4.78, 5) is 16.3. The van der Waals surface area contributed by atoms with Gasteiger partial charge in [0, 0.05) is 30.7 Å². The summed E-state index contributed by atoms with van der Waals surface area (Å²) in [5.74, 6) is 0.518. The fourth-order valence-corrected chi connectivity index (χ4v) is 3.49.